The first kappa shape index (κ1) is 23.0. The van der Waals surface area contributed by atoms with Gasteiger partial charge in [-0.25, -0.2) is 9.97 Å². The number of H-pyrrole nitrogens is 1. The number of nitrogen functional groups attached to an aromatic ring is 1. The highest BCUT2D eigenvalue weighted by Gasteiger charge is 2.29. The molecule has 5 N–H and O–H groups in total. The minimum absolute atomic E-state index is 0. The number of nitrogens with one attached hydrogen (secondary N) is 1. The van der Waals surface area contributed by atoms with Gasteiger partial charge in [0, 0.05) is 44.1 Å². The number of hydrogen-bond donors (Lipinski definition) is 3. The molecule has 0 amide bonds. The zero-order valence-corrected chi connectivity index (χ0v) is 18.1. The van der Waals surface area contributed by atoms with Crippen molar-refractivity contribution in [1.82, 2.24) is 19.9 Å². The second-order valence-electron chi connectivity index (χ2n) is 7.18. The molecule has 1 aliphatic rings. The zero-order valence-electron chi connectivity index (χ0n) is 16.5. The summed E-state index contributed by atoms with van der Waals surface area (Å²) in [7, 11) is 3.66. The lowest BCUT2D eigenvalue weighted by atomic mass is 9.78. The third kappa shape index (κ3) is 5.01. The van der Waals surface area contributed by atoms with Gasteiger partial charge in [-0.15, -0.1) is 24.8 Å². The summed E-state index contributed by atoms with van der Waals surface area (Å²) in [6.07, 6.45) is 2.69. The van der Waals surface area contributed by atoms with E-state index in [2.05, 4.69) is 24.8 Å². The highest BCUT2D eigenvalue weighted by Crippen LogP contribution is 2.35. The number of hydrogen-bond acceptors (Lipinski definition) is 7. The minimum atomic E-state index is 0. The summed E-state index contributed by atoms with van der Waals surface area (Å²) in [5, 5.41) is 0. The van der Waals surface area contributed by atoms with Crippen LogP contribution in [0.4, 0.5) is 11.8 Å². The summed E-state index contributed by atoms with van der Waals surface area (Å²) in [5.41, 5.74) is 14.7. The van der Waals surface area contributed by atoms with Gasteiger partial charge in [0.1, 0.15) is 17.4 Å². The van der Waals surface area contributed by atoms with Crippen molar-refractivity contribution in [3.8, 4) is 5.75 Å². The van der Waals surface area contributed by atoms with Crippen molar-refractivity contribution >= 4 is 47.6 Å². The molecule has 4 rings (SSSR count). The molecular weight excluding hydrogens is 413 g/mol. The van der Waals surface area contributed by atoms with Gasteiger partial charge in [-0.1, -0.05) is 0 Å². The van der Waals surface area contributed by atoms with Gasteiger partial charge in [0.15, 0.2) is 0 Å². The van der Waals surface area contributed by atoms with Gasteiger partial charge >= 0.3 is 0 Å². The molecule has 1 aliphatic carbocycles. The third-order valence-electron chi connectivity index (χ3n) is 5.16. The van der Waals surface area contributed by atoms with Gasteiger partial charge in [-0.3, -0.25) is 0 Å². The molecule has 0 saturated heterocycles. The summed E-state index contributed by atoms with van der Waals surface area (Å²) in [4.78, 5) is 18.8. The predicted molar refractivity (Wildman–Crippen MR) is 121 cm³/mol. The predicted octanol–water partition coefficient (Wildman–Crippen LogP) is 2.67. The second kappa shape index (κ2) is 9.47. The molecule has 2 aromatic heterocycles. The first-order valence-corrected chi connectivity index (χ1v) is 9.15. The monoisotopic (exact) mass is 439 g/mol. The van der Waals surface area contributed by atoms with Crippen molar-refractivity contribution in [2.45, 2.75) is 31.2 Å². The van der Waals surface area contributed by atoms with Crippen LogP contribution in [0.3, 0.4) is 0 Å². The molecule has 3 aromatic rings. The second-order valence-corrected chi connectivity index (χ2v) is 7.18. The number of aromatic amines is 1. The highest BCUT2D eigenvalue weighted by molar-refractivity contribution is 5.85. The van der Waals surface area contributed by atoms with E-state index < -0.39 is 0 Å². The van der Waals surface area contributed by atoms with Crippen LogP contribution >= 0.6 is 24.8 Å². The minimum Gasteiger partial charge on any atom is -0.497 e. The maximum absolute atomic E-state index is 5.92. The molecular formula is C19H27Cl2N7O. The van der Waals surface area contributed by atoms with E-state index in [1.807, 2.05) is 31.3 Å². The van der Waals surface area contributed by atoms with Crippen molar-refractivity contribution in [2.75, 3.05) is 31.3 Å². The Morgan fingerprint density at radius 3 is 2.62 bits per heavy atom. The van der Waals surface area contributed by atoms with E-state index in [1.165, 1.54) is 0 Å². The summed E-state index contributed by atoms with van der Waals surface area (Å²) in [6, 6.07) is 8.13. The van der Waals surface area contributed by atoms with Gasteiger partial charge < -0.3 is 26.1 Å². The SMILES string of the molecule is COc1ccc2nc(CCN(C)c3cc(C4CC(N)C4)nc(N)n3)[nH]c2c1.Cl.Cl. The number of anilines is 2. The molecule has 1 saturated carbocycles. The van der Waals surface area contributed by atoms with Crippen LogP contribution in [0.2, 0.25) is 0 Å². The van der Waals surface area contributed by atoms with Crippen LogP contribution in [0, 0.1) is 0 Å². The lowest BCUT2D eigenvalue weighted by Gasteiger charge is -2.32. The molecule has 8 nitrogen and oxygen atoms in total. The summed E-state index contributed by atoms with van der Waals surface area (Å²) < 4.78 is 5.26. The number of nitrogens with two attached hydrogens (primary N) is 2. The number of benzene rings is 1. The van der Waals surface area contributed by atoms with Crippen molar-refractivity contribution in [2.24, 2.45) is 5.73 Å². The number of aromatic nitrogens is 4. The van der Waals surface area contributed by atoms with Crippen LogP contribution in [0.15, 0.2) is 24.3 Å². The standard InChI is InChI=1S/C19H25N7O.2ClH/c1-26(18-10-15(24-19(21)25-18)11-7-12(20)8-11)6-5-17-22-14-4-3-13(27-2)9-16(14)23-17;;/h3-4,9-12H,5-8,20H2,1-2H3,(H,22,23)(H2,21,24,25);2*1H. The van der Waals surface area contributed by atoms with Gasteiger partial charge in [0.2, 0.25) is 5.95 Å². The Morgan fingerprint density at radius 1 is 1.17 bits per heavy atom. The Bertz CT molecular complexity index is 959. The smallest absolute Gasteiger partial charge is 0.222 e. The average molecular weight is 440 g/mol. The summed E-state index contributed by atoms with van der Waals surface area (Å²) >= 11 is 0. The van der Waals surface area contributed by atoms with E-state index in [0.29, 0.717) is 11.9 Å². The lowest BCUT2D eigenvalue weighted by Crippen LogP contribution is -2.35. The van der Waals surface area contributed by atoms with Gasteiger partial charge in [-0.05, 0) is 25.0 Å². The van der Waals surface area contributed by atoms with E-state index in [9.17, 15) is 0 Å². The number of fused-ring (bicyclic) bond motifs is 1. The maximum Gasteiger partial charge on any atom is 0.222 e. The van der Waals surface area contributed by atoms with Crippen LogP contribution in [0.5, 0.6) is 5.75 Å². The molecule has 0 unspecified atom stereocenters. The number of imidazole rings is 1. The molecule has 29 heavy (non-hydrogen) atoms. The normalized spacial score (nSPS) is 17.8. The van der Waals surface area contributed by atoms with E-state index in [4.69, 9.17) is 16.2 Å². The Labute approximate surface area is 182 Å². The lowest BCUT2D eigenvalue weighted by molar-refractivity contribution is 0.345. The molecule has 0 atom stereocenters. The van der Waals surface area contributed by atoms with Crippen LogP contribution in [-0.4, -0.2) is 46.7 Å². The molecule has 1 fully saturated rings. The van der Waals surface area contributed by atoms with Crippen LogP contribution in [0.25, 0.3) is 11.0 Å². The van der Waals surface area contributed by atoms with Crippen molar-refractivity contribution < 1.29 is 4.74 Å². The molecule has 0 radical (unpaired) electrons. The van der Waals surface area contributed by atoms with E-state index in [0.717, 1.165) is 59.9 Å². The van der Waals surface area contributed by atoms with Gasteiger partial charge in [-0.2, -0.15) is 4.98 Å². The first-order chi connectivity index (χ1) is 13.0. The van der Waals surface area contributed by atoms with Crippen molar-refractivity contribution in [1.29, 1.82) is 0 Å². The molecule has 0 aliphatic heterocycles. The van der Waals surface area contributed by atoms with Crippen LogP contribution in [-0.2, 0) is 6.42 Å². The van der Waals surface area contributed by atoms with E-state index >= 15 is 0 Å². The largest absolute Gasteiger partial charge is 0.497 e. The van der Waals surface area contributed by atoms with Crippen molar-refractivity contribution in [3.63, 3.8) is 0 Å². The molecule has 1 aromatic carbocycles. The van der Waals surface area contributed by atoms with Gasteiger partial charge in [0.25, 0.3) is 0 Å². The fourth-order valence-electron chi connectivity index (χ4n) is 3.45. The Balaban J connectivity index is 0.00000150. The van der Waals surface area contributed by atoms with Crippen LogP contribution < -0.4 is 21.1 Å². The molecule has 10 heteroatoms. The van der Waals surface area contributed by atoms with E-state index in [1.54, 1.807) is 7.11 Å². The average Bonchev–Trinajstić information content (AvgIpc) is 3.04. The summed E-state index contributed by atoms with van der Waals surface area (Å²) in [6.45, 7) is 0.761. The Morgan fingerprint density at radius 2 is 1.93 bits per heavy atom. The number of halogens is 2. The maximum atomic E-state index is 5.92. The molecule has 158 valence electrons. The number of nitrogens with zero attached hydrogens (tertiary/aromatic N) is 4. The zero-order chi connectivity index (χ0) is 19.0. The Hall–Kier alpha value is -2.29. The number of rotatable bonds is 6. The first-order valence-electron chi connectivity index (χ1n) is 9.15. The van der Waals surface area contributed by atoms with E-state index in [-0.39, 0.29) is 30.9 Å². The van der Waals surface area contributed by atoms with Crippen LogP contribution in [0.1, 0.15) is 30.3 Å². The fourth-order valence-corrected chi connectivity index (χ4v) is 3.45. The summed E-state index contributed by atoms with van der Waals surface area (Å²) in [5.74, 6) is 3.27. The Kier molecular flexibility index (Phi) is 7.51. The molecule has 0 bridgehead atoms. The number of likely N-dealkylation sites (N-methyl/N-ethyl adjacent to an activating group) is 1. The number of methoxy groups -OCH3 is 1. The molecule has 0 spiro atoms. The van der Waals surface area contributed by atoms with Crippen molar-refractivity contribution in [3.05, 3.63) is 35.8 Å². The third-order valence-corrected chi connectivity index (χ3v) is 5.16. The van der Waals surface area contributed by atoms with Gasteiger partial charge in [0.05, 0.1) is 23.8 Å². The number of ether oxygens (including phenoxy) is 1. The highest BCUT2D eigenvalue weighted by atomic mass is 35.5. The molecule has 2 heterocycles. The fraction of sp³-hybridized carbons (Fsp3) is 0.421. The topological polar surface area (TPSA) is 119 Å². The quantitative estimate of drug-likeness (QED) is 0.539.